The van der Waals surface area contributed by atoms with Gasteiger partial charge in [0, 0.05) is 36.3 Å². The molecule has 11 nitrogen and oxygen atoms in total. The summed E-state index contributed by atoms with van der Waals surface area (Å²) in [5, 5.41) is 0. The molecule has 12 heteroatoms. The average molecular weight is 676 g/mol. The predicted octanol–water partition coefficient (Wildman–Crippen LogP) is 6.21. The van der Waals surface area contributed by atoms with Crippen LogP contribution in [0.2, 0.25) is 0 Å². The lowest BCUT2D eigenvalue weighted by Crippen LogP contribution is -2.60. The molecular formula is C36H45N5O6S. The average Bonchev–Trinajstić information content (AvgIpc) is 3.02. The first kappa shape index (κ1) is 33.7. The molecule has 2 amide bonds. The standard InChI is InChI=1S/C36H45N5O6S/c1-6-46-35(43)40-15-13-36(14-16-40)20-28(21-36)41-27(17-23(2)3)22-47-31-19-30(32-24(4)9-7-10-25(32)5)37-34(38-31)39-48(44,45)29-12-8-11-26(18-29)33(41)42/h7-12,18-19,23,27-28H,6,13-17,20-22H2,1-5H3,(H,37,38,39)/t27-/m1/s1. The van der Waals surface area contributed by atoms with Crippen molar-refractivity contribution < 1.29 is 27.5 Å². The Morgan fingerprint density at radius 2 is 1.75 bits per heavy atom. The second-order valence-electron chi connectivity index (χ2n) is 13.9. The summed E-state index contributed by atoms with van der Waals surface area (Å²) in [5.74, 6) is 0.154. The van der Waals surface area contributed by atoms with Crippen molar-refractivity contribution in [3.05, 3.63) is 65.2 Å². The molecule has 1 aliphatic carbocycles. The number of aryl methyl sites for hydroxylation is 2. The summed E-state index contributed by atoms with van der Waals surface area (Å²) in [4.78, 5) is 39.6. The van der Waals surface area contributed by atoms with Crippen LogP contribution in [0.1, 0.15) is 74.4 Å². The van der Waals surface area contributed by atoms with Gasteiger partial charge in [-0.15, -0.1) is 0 Å². The van der Waals surface area contributed by atoms with Gasteiger partial charge in [-0.2, -0.15) is 4.98 Å². The Kier molecular flexibility index (Phi) is 9.39. The lowest BCUT2D eigenvalue weighted by atomic mass is 9.59. The van der Waals surface area contributed by atoms with Crippen LogP contribution in [0, 0.1) is 25.2 Å². The van der Waals surface area contributed by atoms with Gasteiger partial charge in [0.1, 0.15) is 6.61 Å². The minimum Gasteiger partial charge on any atom is -0.475 e. The Morgan fingerprint density at radius 1 is 1.06 bits per heavy atom. The van der Waals surface area contributed by atoms with Crippen LogP contribution in [0.15, 0.2) is 53.4 Å². The minimum atomic E-state index is -4.15. The van der Waals surface area contributed by atoms with Crippen molar-refractivity contribution in [2.75, 3.05) is 31.0 Å². The van der Waals surface area contributed by atoms with E-state index in [1.807, 2.05) is 43.9 Å². The van der Waals surface area contributed by atoms with Crippen molar-refractivity contribution in [2.45, 2.75) is 83.7 Å². The summed E-state index contributed by atoms with van der Waals surface area (Å²) < 4.78 is 41.5. The van der Waals surface area contributed by atoms with Crippen LogP contribution >= 0.6 is 0 Å². The number of piperidine rings is 1. The molecule has 1 spiro atoms. The molecule has 2 aromatic carbocycles. The molecule has 0 unspecified atom stereocenters. The van der Waals surface area contributed by atoms with Gasteiger partial charge < -0.3 is 19.3 Å². The summed E-state index contributed by atoms with van der Waals surface area (Å²) >= 11 is 0. The van der Waals surface area contributed by atoms with E-state index in [1.165, 1.54) is 12.1 Å². The monoisotopic (exact) mass is 675 g/mol. The number of nitrogens with zero attached hydrogens (tertiary/aromatic N) is 4. The van der Waals surface area contributed by atoms with E-state index in [2.05, 4.69) is 28.5 Å². The third-order valence-electron chi connectivity index (χ3n) is 9.93. The Balaban J connectivity index is 1.37. The Labute approximate surface area is 283 Å². The van der Waals surface area contributed by atoms with Crippen molar-refractivity contribution in [3.63, 3.8) is 0 Å². The third kappa shape index (κ3) is 6.85. The molecule has 2 aliphatic heterocycles. The number of likely N-dealkylation sites (tertiary alicyclic amines) is 1. The molecule has 1 aromatic heterocycles. The number of benzene rings is 2. The third-order valence-corrected chi connectivity index (χ3v) is 11.3. The van der Waals surface area contributed by atoms with Crippen LogP contribution in [0.3, 0.4) is 0 Å². The number of fused-ring (bicyclic) bond motifs is 4. The first-order valence-corrected chi connectivity index (χ1v) is 18.3. The zero-order valence-electron chi connectivity index (χ0n) is 28.4. The Hall–Kier alpha value is -4.19. The second kappa shape index (κ2) is 13.4. The lowest BCUT2D eigenvalue weighted by molar-refractivity contribution is -0.0509. The summed E-state index contributed by atoms with van der Waals surface area (Å²) in [7, 11) is -4.15. The van der Waals surface area contributed by atoms with Crippen molar-refractivity contribution in [1.82, 2.24) is 19.8 Å². The van der Waals surface area contributed by atoms with Crippen LogP contribution in [-0.2, 0) is 14.8 Å². The molecule has 2 fully saturated rings. The molecule has 0 radical (unpaired) electrons. The molecule has 1 atom stereocenters. The maximum atomic E-state index is 14.5. The Bertz CT molecular complexity index is 1780. The number of anilines is 1. The number of sulfonamides is 1. The SMILES string of the molecule is CCOC(=O)N1CCC2(CC1)CC(N1C(=O)c3cccc(c3)S(=O)(=O)Nc3nc(cc(-c4c(C)cccc4C)n3)OC[C@H]1CC(C)C)C2. The fourth-order valence-electron chi connectivity index (χ4n) is 7.56. The summed E-state index contributed by atoms with van der Waals surface area (Å²) in [5.41, 5.74) is 3.73. The minimum absolute atomic E-state index is 0.0370. The zero-order valence-corrected chi connectivity index (χ0v) is 29.2. The van der Waals surface area contributed by atoms with Gasteiger partial charge in [0.05, 0.1) is 23.2 Å². The van der Waals surface area contributed by atoms with Gasteiger partial charge >= 0.3 is 6.09 Å². The highest BCUT2D eigenvalue weighted by atomic mass is 32.2. The number of ether oxygens (including phenoxy) is 2. The summed E-state index contributed by atoms with van der Waals surface area (Å²) in [6, 6.07) is 13.5. The van der Waals surface area contributed by atoms with Crippen LogP contribution in [0.4, 0.5) is 10.7 Å². The quantitative estimate of drug-likeness (QED) is 0.338. The number of aromatic nitrogens is 2. The normalized spacial score (nSPS) is 20.5. The largest absolute Gasteiger partial charge is 0.475 e. The van der Waals surface area contributed by atoms with E-state index in [0.717, 1.165) is 42.4 Å². The highest BCUT2D eigenvalue weighted by Gasteiger charge is 2.51. The van der Waals surface area contributed by atoms with Gasteiger partial charge in [0.15, 0.2) is 0 Å². The van der Waals surface area contributed by atoms with Crippen LogP contribution in [0.5, 0.6) is 5.88 Å². The summed E-state index contributed by atoms with van der Waals surface area (Å²) in [6.07, 6.45) is 3.71. The van der Waals surface area contributed by atoms with E-state index in [0.29, 0.717) is 37.4 Å². The first-order valence-electron chi connectivity index (χ1n) is 16.8. The van der Waals surface area contributed by atoms with E-state index in [-0.39, 0.29) is 58.7 Å². The number of rotatable bonds is 5. The fraction of sp³-hybridized carbons (Fsp3) is 0.500. The van der Waals surface area contributed by atoms with Crippen LogP contribution < -0.4 is 9.46 Å². The van der Waals surface area contributed by atoms with Gasteiger partial charge in [-0.05, 0) is 93.5 Å². The van der Waals surface area contributed by atoms with E-state index in [4.69, 9.17) is 9.47 Å². The molecule has 256 valence electrons. The van der Waals surface area contributed by atoms with E-state index in [1.54, 1.807) is 23.1 Å². The van der Waals surface area contributed by atoms with Gasteiger partial charge in [-0.25, -0.2) is 22.9 Å². The van der Waals surface area contributed by atoms with Gasteiger partial charge in [-0.3, -0.25) is 4.79 Å². The van der Waals surface area contributed by atoms with E-state index < -0.39 is 10.0 Å². The van der Waals surface area contributed by atoms with Crippen LogP contribution in [-0.4, -0.2) is 78.6 Å². The molecule has 4 bridgehead atoms. The molecule has 48 heavy (non-hydrogen) atoms. The zero-order chi connectivity index (χ0) is 34.2. The summed E-state index contributed by atoms with van der Waals surface area (Å²) in [6.45, 7) is 11.8. The number of hydrogen-bond donors (Lipinski definition) is 1. The molecule has 1 N–H and O–H groups in total. The molecule has 6 rings (SSSR count). The number of amides is 2. The molecule has 3 aromatic rings. The van der Waals surface area contributed by atoms with E-state index in [9.17, 15) is 18.0 Å². The maximum Gasteiger partial charge on any atom is 0.409 e. The predicted molar refractivity (Wildman–Crippen MR) is 182 cm³/mol. The van der Waals surface area contributed by atoms with Crippen molar-refractivity contribution in [3.8, 4) is 17.1 Å². The van der Waals surface area contributed by atoms with Gasteiger partial charge in [-0.1, -0.05) is 38.1 Å². The fourth-order valence-corrected chi connectivity index (χ4v) is 8.55. The highest BCUT2D eigenvalue weighted by molar-refractivity contribution is 7.92. The lowest BCUT2D eigenvalue weighted by Gasteiger charge is -2.56. The molecule has 3 aliphatic rings. The van der Waals surface area contributed by atoms with E-state index >= 15 is 0 Å². The maximum absolute atomic E-state index is 14.5. The molecule has 1 saturated heterocycles. The van der Waals surface area contributed by atoms with Crippen molar-refractivity contribution in [2.24, 2.45) is 11.3 Å². The molecule has 1 saturated carbocycles. The Morgan fingerprint density at radius 3 is 2.42 bits per heavy atom. The second-order valence-corrected chi connectivity index (χ2v) is 15.6. The van der Waals surface area contributed by atoms with Gasteiger partial charge in [0.25, 0.3) is 15.9 Å². The molecule has 3 heterocycles. The number of carbonyl (C=O) groups is 2. The molecular weight excluding hydrogens is 630 g/mol. The van der Waals surface area contributed by atoms with Crippen molar-refractivity contribution >= 4 is 28.0 Å². The topological polar surface area (TPSA) is 131 Å². The number of nitrogens with one attached hydrogen (secondary N) is 1. The number of carbonyl (C=O) groups excluding carboxylic acids is 2. The van der Waals surface area contributed by atoms with Gasteiger partial charge in [0.2, 0.25) is 11.8 Å². The van der Waals surface area contributed by atoms with Crippen molar-refractivity contribution in [1.29, 1.82) is 0 Å². The van der Waals surface area contributed by atoms with Crippen LogP contribution in [0.25, 0.3) is 11.3 Å². The highest BCUT2D eigenvalue weighted by Crippen LogP contribution is 2.52. The number of hydrogen-bond acceptors (Lipinski definition) is 8. The smallest absolute Gasteiger partial charge is 0.409 e. The first-order chi connectivity index (χ1) is 22.9.